The van der Waals surface area contributed by atoms with E-state index < -0.39 is 0 Å². The lowest BCUT2D eigenvalue weighted by Crippen LogP contribution is -2.11. The molecule has 0 aliphatic carbocycles. The highest BCUT2D eigenvalue weighted by molar-refractivity contribution is 6.04. The number of ether oxygens (including phenoxy) is 3. The molecule has 27 heavy (non-hydrogen) atoms. The molecule has 0 spiro atoms. The zero-order chi connectivity index (χ0) is 19.2. The Bertz CT molecular complexity index is 902. The molecule has 5 nitrogen and oxygen atoms in total. The highest BCUT2D eigenvalue weighted by Crippen LogP contribution is 2.26. The van der Waals surface area contributed by atoms with Crippen LogP contribution in [-0.4, -0.2) is 20.1 Å². The molecule has 3 rings (SSSR count). The van der Waals surface area contributed by atoms with Crippen molar-refractivity contribution in [1.82, 2.24) is 0 Å². The van der Waals surface area contributed by atoms with Gasteiger partial charge < -0.3 is 19.5 Å². The van der Waals surface area contributed by atoms with Crippen LogP contribution < -0.4 is 19.5 Å². The van der Waals surface area contributed by atoms with Gasteiger partial charge in [-0.2, -0.15) is 0 Å². The van der Waals surface area contributed by atoms with Gasteiger partial charge in [0, 0.05) is 29.4 Å². The third-order valence-electron chi connectivity index (χ3n) is 3.78. The first-order chi connectivity index (χ1) is 13.1. The molecule has 0 saturated carbocycles. The van der Waals surface area contributed by atoms with Gasteiger partial charge in [0.2, 0.25) is 0 Å². The smallest absolute Gasteiger partial charge is 0.255 e. The van der Waals surface area contributed by atoms with Crippen LogP contribution in [0.2, 0.25) is 0 Å². The van der Waals surface area contributed by atoms with Crippen molar-refractivity contribution in [3.05, 3.63) is 78.1 Å². The lowest BCUT2D eigenvalue weighted by atomic mass is 10.2. The number of carbonyl (C=O) groups is 1. The predicted molar refractivity (Wildman–Crippen MR) is 100 cm³/mol. The topological polar surface area (TPSA) is 56.8 Å². The molecule has 0 unspecified atom stereocenters. The van der Waals surface area contributed by atoms with E-state index in [1.807, 2.05) is 0 Å². The third-order valence-corrected chi connectivity index (χ3v) is 3.78. The molecule has 0 fully saturated rings. The van der Waals surface area contributed by atoms with E-state index in [0.29, 0.717) is 34.2 Å². The molecule has 0 aliphatic heterocycles. The van der Waals surface area contributed by atoms with Crippen molar-refractivity contribution in [1.29, 1.82) is 0 Å². The minimum absolute atomic E-state index is 0.279. The van der Waals surface area contributed by atoms with Crippen molar-refractivity contribution < 1.29 is 23.4 Å². The van der Waals surface area contributed by atoms with Crippen molar-refractivity contribution >= 4 is 11.6 Å². The number of halogens is 1. The van der Waals surface area contributed by atoms with Crippen LogP contribution in [0.25, 0.3) is 0 Å². The molecule has 0 aliphatic rings. The molecule has 0 saturated heterocycles. The maximum Gasteiger partial charge on any atom is 0.255 e. The fourth-order valence-electron chi connectivity index (χ4n) is 2.40. The molecule has 0 heterocycles. The van der Waals surface area contributed by atoms with Gasteiger partial charge in [0.1, 0.15) is 28.8 Å². The summed E-state index contributed by atoms with van der Waals surface area (Å²) in [6.07, 6.45) is 0. The van der Waals surface area contributed by atoms with Crippen LogP contribution in [-0.2, 0) is 0 Å². The molecule has 1 amide bonds. The second-order valence-electron chi connectivity index (χ2n) is 5.64. The Hall–Kier alpha value is -3.54. The highest BCUT2D eigenvalue weighted by atomic mass is 19.1. The normalized spacial score (nSPS) is 10.2. The number of hydrogen-bond donors (Lipinski definition) is 1. The summed E-state index contributed by atoms with van der Waals surface area (Å²) in [4.78, 5) is 12.4. The van der Waals surface area contributed by atoms with Crippen LogP contribution in [0.5, 0.6) is 23.0 Å². The van der Waals surface area contributed by atoms with Gasteiger partial charge in [-0.25, -0.2) is 4.39 Å². The second-order valence-corrected chi connectivity index (χ2v) is 5.64. The van der Waals surface area contributed by atoms with E-state index in [4.69, 9.17) is 14.2 Å². The first-order valence-electron chi connectivity index (χ1n) is 8.15. The molecule has 0 bridgehead atoms. The molecule has 6 heteroatoms. The Labute approximate surface area is 156 Å². The van der Waals surface area contributed by atoms with Gasteiger partial charge in [-0.15, -0.1) is 0 Å². The summed E-state index contributed by atoms with van der Waals surface area (Å²) in [6, 6.07) is 17.5. The standard InChI is InChI=1S/C21H18FNO4/c1-25-19-11-16(12-20(13-19)26-2)23-21(24)14-3-7-17(8-4-14)27-18-9-5-15(22)6-10-18/h3-13H,1-2H3,(H,23,24). The first-order valence-corrected chi connectivity index (χ1v) is 8.15. The van der Waals surface area contributed by atoms with Gasteiger partial charge in [-0.3, -0.25) is 4.79 Å². The van der Waals surface area contributed by atoms with Gasteiger partial charge in [0.25, 0.3) is 5.91 Å². The van der Waals surface area contributed by atoms with Crippen LogP contribution in [0.1, 0.15) is 10.4 Å². The number of benzene rings is 3. The predicted octanol–water partition coefficient (Wildman–Crippen LogP) is 4.89. The molecule has 1 N–H and O–H groups in total. The van der Waals surface area contributed by atoms with Gasteiger partial charge in [-0.1, -0.05) is 0 Å². The molecule has 0 atom stereocenters. The summed E-state index contributed by atoms with van der Waals surface area (Å²) in [5.41, 5.74) is 1.02. The van der Waals surface area contributed by atoms with Crippen molar-refractivity contribution in [3.8, 4) is 23.0 Å². The first kappa shape index (κ1) is 18.3. The van der Waals surface area contributed by atoms with E-state index in [1.54, 1.807) is 56.7 Å². The fraction of sp³-hybridized carbons (Fsp3) is 0.0952. The summed E-state index contributed by atoms with van der Waals surface area (Å²) in [6.45, 7) is 0. The minimum atomic E-state index is -0.330. The Balaban J connectivity index is 1.69. The Kier molecular flexibility index (Phi) is 5.56. The van der Waals surface area contributed by atoms with Gasteiger partial charge in [0.05, 0.1) is 14.2 Å². The third kappa shape index (κ3) is 4.76. The lowest BCUT2D eigenvalue weighted by molar-refractivity contribution is 0.102. The highest BCUT2D eigenvalue weighted by Gasteiger charge is 2.09. The quantitative estimate of drug-likeness (QED) is 0.674. The zero-order valence-corrected chi connectivity index (χ0v) is 14.9. The SMILES string of the molecule is COc1cc(NC(=O)c2ccc(Oc3ccc(F)cc3)cc2)cc(OC)c1. The van der Waals surface area contributed by atoms with Crippen LogP contribution >= 0.6 is 0 Å². The van der Waals surface area contributed by atoms with E-state index in [-0.39, 0.29) is 11.7 Å². The number of rotatable bonds is 6. The Morgan fingerprint density at radius 2 is 1.30 bits per heavy atom. The average Bonchev–Trinajstić information content (AvgIpc) is 2.70. The van der Waals surface area contributed by atoms with Gasteiger partial charge in [-0.05, 0) is 48.5 Å². The average molecular weight is 367 g/mol. The monoisotopic (exact) mass is 367 g/mol. The summed E-state index contributed by atoms with van der Waals surface area (Å²) in [7, 11) is 3.08. The molecule has 3 aromatic carbocycles. The van der Waals surface area contributed by atoms with Gasteiger partial charge >= 0.3 is 0 Å². The molecular formula is C21H18FNO4. The number of amides is 1. The molecular weight excluding hydrogens is 349 g/mol. The fourth-order valence-corrected chi connectivity index (χ4v) is 2.40. The lowest BCUT2D eigenvalue weighted by Gasteiger charge is -2.10. The Morgan fingerprint density at radius 3 is 1.81 bits per heavy atom. The van der Waals surface area contributed by atoms with Gasteiger partial charge in [0.15, 0.2) is 0 Å². The number of nitrogens with one attached hydrogen (secondary N) is 1. The minimum Gasteiger partial charge on any atom is -0.497 e. The van der Waals surface area contributed by atoms with Crippen molar-refractivity contribution in [2.24, 2.45) is 0 Å². The Morgan fingerprint density at radius 1 is 0.778 bits per heavy atom. The molecule has 0 radical (unpaired) electrons. The van der Waals surface area contributed by atoms with E-state index in [1.165, 1.54) is 24.3 Å². The number of carbonyl (C=O) groups excluding carboxylic acids is 1. The van der Waals surface area contributed by atoms with Crippen LogP contribution in [0.4, 0.5) is 10.1 Å². The van der Waals surface area contributed by atoms with E-state index in [0.717, 1.165) is 0 Å². The molecule has 0 aromatic heterocycles. The van der Waals surface area contributed by atoms with Crippen molar-refractivity contribution in [3.63, 3.8) is 0 Å². The summed E-state index contributed by atoms with van der Waals surface area (Å²) in [5, 5.41) is 2.80. The summed E-state index contributed by atoms with van der Waals surface area (Å²) in [5.74, 6) is 1.60. The summed E-state index contributed by atoms with van der Waals surface area (Å²) < 4.78 is 28.9. The van der Waals surface area contributed by atoms with Crippen molar-refractivity contribution in [2.45, 2.75) is 0 Å². The van der Waals surface area contributed by atoms with Crippen molar-refractivity contribution in [2.75, 3.05) is 19.5 Å². The molecule has 138 valence electrons. The number of methoxy groups -OCH3 is 2. The number of hydrogen-bond acceptors (Lipinski definition) is 4. The van der Waals surface area contributed by atoms with E-state index >= 15 is 0 Å². The van der Waals surface area contributed by atoms with Crippen LogP contribution in [0, 0.1) is 5.82 Å². The van der Waals surface area contributed by atoms with Crippen LogP contribution in [0.3, 0.4) is 0 Å². The zero-order valence-electron chi connectivity index (χ0n) is 14.9. The number of anilines is 1. The second kappa shape index (κ2) is 8.23. The van der Waals surface area contributed by atoms with E-state index in [2.05, 4.69) is 5.32 Å². The summed E-state index contributed by atoms with van der Waals surface area (Å²) >= 11 is 0. The van der Waals surface area contributed by atoms with Crippen LogP contribution in [0.15, 0.2) is 66.7 Å². The largest absolute Gasteiger partial charge is 0.497 e. The molecule has 3 aromatic rings. The van der Waals surface area contributed by atoms with E-state index in [9.17, 15) is 9.18 Å². The maximum atomic E-state index is 12.9. The maximum absolute atomic E-state index is 12.9.